The summed E-state index contributed by atoms with van der Waals surface area (Å²) in [5, 5.41) is 0. The van der Waals surface area contributed by atoms with Crippen LogP contribution in [0, 0.1) is 0 Å². The maximum absolute atomic E-state index is 12.4. The Morgan fingerprint density at radius 2 is 2.21 bits per heavy atom. The zero-order valence-electron chi connectivity index (χ0n) is 10.6. The minimum atomic E-state index is -3.59. The molecule has 0 amide bonds. The summed E-state index contributed by atoms with van der Waals surface area (Å²) in [6.45, 7) is 0.719. The summed E-state index contributed by atoms with van der Waals surface area (Å²) < 4.78 is 30.6. The molecule has 1 heterocycles. The second kappa shape index (κ2) is 5.28. The molecule has 7 heteroatoms. The number of hydrogen-bond acceptors (Lipinski definition) is 5. The number of carbonyl (C=O) groups is 1. The van der Waals surface area contributed by atoms with E-state index in [2.05, 4.69) is 4.74 Å². The van der Waals surface area contributed by atoms with Crippen LogP contribution in [0.15, 0.2) is 29.2 Å². The summed E-state index contributed by atoms with van der Waals surface area (Å²) in [7, 11) is -2.34. The smallest absolute Gasteiger partial charge is 0.337 e. The van der Waals surface area contributed by atoms with Crippen LogP contribution in [0.3, 0.4) is 0 Å². The predicted molar refractivity (Wildman–Crippen MR) is 69.1 cm³/mol. The number of nitrogens with zero attached hydrogens (tertiary/aromatic N) is 1. The second-order valence-electron chi connectivity index (χ2n) is 4.43. The lowest BCUT2D eigenvalue weighted by atomic mass is 10.2. The summed E-state index contributed by atoms with van der Waals surface area (Å²) in [6.07, 6.45) is 0.649. The van der Waals surface area contributed by atoms with Crippen LogP contribution in [0.1, 0.15) is 16.8 Å². The van der Waals surface area contributed by atoms with E-state index in [9.17, 15) is 13.2 Å². The van der Waals surface area contributed by atoms with Crippen molar-refractivity contribution < 1.29 is 17.9 Å². The van der Waals surface area contributed by atoms with Crippen molar-refractivity contribution in [1.29, 1.82) is 0 Å². The van der Waals surface area contributed by atoms with E-state index in [1.54, 1.807) is 0 Å². The molecule has 1 aliphatic heterocycles. The molecular weight excluding hydrogens is 268 g/mol. The fourth-order valence-corrected chi connectivity index (χ4v) is 3.58. The number of ether oxygens (including phenoxy) is 1. The molecule has 0 aliphatic carbocycles. The molecule has 1 aliphatic rings. The van der Waals surface area contributed by atoms with Gasteiger partial charge in [0.05, 0.1) is 17.6 Å². The Kier molecular flexibility index (Phi) is 3.88. The monoisotopic (exact) mass is 284 g/mol. The van der Waals surface area contributed by atoms with Crippen LogP contribution in [0.4, 0.5) is 0 Å². The van der Waals surface area contributed by atoms with Crippen molar-refractivity contribution in [3.8, 4) is 0 Å². The Labute approximate surface area is 112 Å². The molecule has 0 bridgehead atoms. The number of nitrogens with two attached hydrogens (primary N) is 1. The fraction of sp³-hybridized carbons (Fsp3) is 0.417. The van der Waals surface area contributed by atoms with E-state index in [1.807, 2.05) is 0 Å². The zero-order valence-corrected chi connectivity index (χ0v) is 11.4. The summed E-state index contributed by atoms with van der Waals surface area (Å²) >= 11 is 0. The van der Waals surface area contributed by atoms with Gasteiger partial charge in [-0.15, -0.1) is 0 Å². The summed E-state index contributed by atoms with van der Waals surface area (Å²) in [5.41, 5.74) is 5.93. The molecule has 6 nitrogen and oxygen atoms in total. The van der Waals surface area contributed by atoms with Crippen molar-refractivity contribution in [2.75, 3.05) is 20.2 Å². The minimum Gasteiger partial charge on any atom is -0.465 e. The first kappa shape index (κ1) is 14.0. The number of sulfonamides is 1. The van der Waals surface area contributed by atoms with Gasteiger partial charge in [0.25, 0.3) is 0 Å². The van der Waals surface area contributed by atoms with Gasteiger partial charge >= 0.3 is 5.97 Å². The highest BCUT2D eigenvalue weighted by Crippen LogP contribution is 2.21. The summed E-state index contributed by atoms with van der Waals surface area (Å²) in [6, 6.07) is 5.70. The van der Waals surface area contributed by atoms with E-state index in [0.717, 1.165) is 0 Å². The highest BCUT2D eigenvalue weighted by Gasteiger charge is 2.31. The average Bonchev–Trinajstić information content (AvgIpc) is 2.85. The van der Waals surface area contributed by atoms with Crippen molar-refractivity contribution in [2.24, 2.45) is 5.73 Å². The average molecular weight is 284 g/mol. The van der Waals surface area contributed by atoms with Crippen molar-refractivity contribution in [2.45, 2.75) is 17.4 Å². The van der Waals surface area contributed by atoms with Crippen LogP contribution in [0.5, 0.6) is 0 Å². The topological polar surface area (TPSA) is 89.7 Å². The van der Waals surface area contributed by atoms with Gasteiger partial charge in [0.2, 0.25) is 10.0 Å². The van der Waals surface area contributed by atoms with Gasteiger partial charge in [-0.1, -0.05) is 6.07 Å². The normalized spacial score (nSPS) is 20.4. The molecule has 19 heavy (non-hydrogen) atoms. The van der Waals surface area contributed by atoms with Crippen LogP contribution in [0.2, 0.25) is 0 Å². The molecule has 2 N–H and O–H groups in total. The first-order chi connectivity index (χ1) is 8.95. The van der Waals surface area contributed by atoms with E-state index in [-0.39, 0.29) is 16.5 Å². The molecule has 1 aromatic rings. The number of rotatable bonds is 3. The van der Waals surface area contributed by atoms with Gasteiger partial charge < -0.3 is 10.5 Å². The molecule has 1 aromatic carbocycles. The summed E-state index contributed by atoms with van der Waals surface area (Å²) in [4.78, 5) is 11.5. The molecule has 1 atom stereocenters. The lowest BCUT2D eigenvalue weighted by Gasteiger charge is -2.16. The van der Waals surface area contributed by atoms with Gasteiger partial charge in [-0.25, -0.2) is 13.2 Å². The van der Waals surface area contributed by atoms with Crippen LogP contribution in [-0.2, 0) is 14.8 Å². The maximum Gasteiger partial charge on any atom is 0.337 e. The van der Waals surface area contributed by atoms with E-state index in [0.29, 0.717) is 19.5 Å². The third-order valence-corrected chi connectivity index (χ3v) is 4.94. The Bertz CT molecular complexity index is 585. The Hall–Kier alpha value is -1.44. The van der Waals surface area contributed by atoms with Crippen molar-refractivity contribution in [3.63, 3.8) is 0 Å². The molecule has 1 fully saturated rings. The number of hydrogen-bond donors (Lipinski definition) is 1. The van der Waals surface area contributed by atoms with E-state index in [4.69, 9.17) is 5.73 Å². The maximum atomic E-state index is 12.4. The van der Waals surface area contributed by atoms with Crippen molar-refractivity contribution in [3.05, 3.63) is 29.8 Å². The van der Waals surface area contributed by atoms with Gasteiger partial charge in [0.15, 0.2) is 0 Å². The van der Waals surface area contributed by atoms with Gasteiger partial charge in [-0.2, -0.15) is 4.31 Å². The quantitative estimate of drug-likeness (QED) is 0.801. The first-order valence-corrected chi connectivity index (χ1v) is 7.33. The zero-order chi connectivity index (χ0) is 14.0. The molecule has 2 rings (SSSR count). The SMILES string of the molecule is COC(=O)c1cccc(S(=O)(=O)N2CCC(N)C2)c1. The second-order valence-corrected chi connectivity index (χ2v) is 6.37. The van der Waals surface area contributed by atoms with Gasteiger partial charge in [0.1, 0.15) is 0 Å². The molecule has 1 unspecified atom stereocenters. The molecule has 0 aromatic heterocycles. The lowest BCUT2D eigenvalue weighted by Crippen LogP contribution is -2.32. The number of carbonyl (C=O) groups excluding carboxylic acids is 1. The van der Waals surface area contributed by atoms with Crippen LogP contribution in [-0.4, -0.2) is 44.9 Å². The highest BCUT2D eigenvalue weighted by atomic mass is 32.2. The van der Waals surface area contributed by atoms with E-state index >= 15 is 0 Å². The standard InChI is InChI=1S/C12H16N2O4S/c1-18-12(15)9-3-2-4-11(7-9)19(16,17)14-6-5-10(13)8-14/h2-4,7,10H,5-6,8,13H2,1H3. The fourth-order valence-electron chi connectivity index (χ4n) is 2.02. The Morgan fingerprint density at radius 3 is 2.79 bits per heavy atom. The van der Waals surface area contributed by atoms with Gasteiger partial charge in [0, 0.05) is 19.1 Å². The number of methoxy groups -OCH3 is 1. The predicted octanol–water partition coefficient (Wildman–Crippen LogP) is 0.195. The molecule has 1 saturated heterocycles. The molecule has 0 saturated carbocycles. The summed E-state index contributed by atoms with van der Waals surface area (Å²) in [5.74, 6) is -0.560. The number of esters is 1. The van der Waals surface area contributed by atoms with Crippen molar-refractivity contribution >= 4 is 16.0 Å². The molecular formula is C12H16N2O4S. The molecule has 104 valence electrons. The highest BCUT2D eigenvalue weighted by molar-refractivity contribution is 7.89. The van der Waals surface area contributed by atoms with Crippen molar-refractivity contribution in [1.82, 2.24) is 4.31 Å². The largest absolute Gasteiger partial charge is 0.465 e. The lowest BCUT2D eigenvalue weighted by molar-refractivity contribution is 0.0600. The third kappa shape index (κ3) is 2.78. The van der Waals surface area contributed by atoms with Gasteiger partial charge in [-0.3, -0.25) is 0 Å². The van der Waals surface area contributed by atoms with Crippen LogP contribution < -0.4 is 5.73 Å². The van der Waals surface area contributed by atoms with Gasteiger partial charge in [-0.05, 0) is 24.6 Å². The molecule has 0 radical (unpaired) electrons. The molecule has 0 spiro atoms. The van der Waals surface area contributed by atoms with E-state index in [1.165, 1.54) is 35.7 Å². The Morgan fingerprint density at radius 1 is 1.47 bits per heavy atom. The first-order valence-electron chi connectivity index (χ1n) is 5.89. The Balaban J connectivity index is 2.33. The van der Waals surface area contributed by atoms with Crippen LogP contribution in [0.25, 0.3) is 0 Å². The van der Waals surface area contributed by atoms with E-state index < -0.39 is 16.0 Å². The number of benzene rings is 1. The van der Waals surface area contributed by atoms with Crippen LogP contribution >= 0.6 is 0 Å². The third-order valence-electron chi connectivity index (χ3n) is 3.08. The minimum absolute atomic E-state index is 0.0875.